The molecule has 2 aliphatic heterocycles. The van der Waals surface area contributed by atoms with Gasteiger partial charge in [0, 0.05) is 57.9 Å². The van der Waals surface area contributed by atoms with E-state index in [9.17, 15) is 4.79 Å². The number of hydrogen-bond donors (Lipinski definition) is 0. The maximum atomic E-state index is 12.8. The summed E-state index contributed by atoms with van der Waals surface area (Å²) < 4.78 is 0. The minimum Gasteiger partial charge on any atom is -0.353 e. The Kier molecular flexibility index (Phi) is 6.18. The zero-order valence-corrected chi connectivity index (χ0v) is 18.3. The SMILES string of the molecule is CCN1CCN(c2ccc(N3CCN(C(=O)c4ccc(C)c(C)c4)CC3)nn2)CC1. The molecule has 1 aromatic heterocycles. The third-order valence-electron chi connectivity index (χ3n) is 6.42. The average Bonchev–Trinajstić information content (AvgIpc) is 2.81. The van der Waals surface area contributed by atoms with Crippen molar-refractivity contribution < 1.29 is 4.79 Å². The summed E-state index contributed by atoms with van der Waals surface area (Å²) >= 11 is 0. The molecule has 2 saturated heterocycles. The molecule has 0 aliphatic carbocycles. The van der Waals surface area contributed by atoms with Gasteiger partial charge in [0.2, 0.25) is 0 Å². The van der Waals surface area contributed by atoms with Gasteiger partial charge in [-0.05, 0) is 55.8 Å². The van der Waals surface area contributed by atoms with Crippen LogP contribution in [0, 0.1) is 13.8 Å². The Labute approximate surface area is 179 Å². The van der Waals surface area contributed by atoms with Gasteiger partial charge in [-0.15, -0.1) is 10.2 Å². The largest absolute Gasteiger partial charge is 0.353 e. The molecule has 0 radical (unpaired) electrons. The van der Waals surface area contributed by atoms with Gasteiger partial charge < -0.3 is 19.6 Å². The van der Waals surface area contributed by atoms with Crippen LogP contribution in [-0.4, -0.2) is 84.8 Å². The fraction of sp³-hybridized carbons (Fsp3) is 0.522. The molecule has 0 spiro atoms. The van der Waals surface area contributed by atoms with E-state index in [1.54, 1.807) is 0 Å². The highest BCUT2D eigenvalue weighted by molar-refractivity contribution is 5.94. The van der Waals surface area contributed by atoms with E-state index < -0.39 is 0 Å². The molecule has 0 N–H and O–H groups in total. The second-order valence-electron chi connectivity index (χ2n) is 8.25. The van der Waals surface area contributed by atoms with Crippen LogP contribution in [-0.2, 0) is 0 Å². The molecule has 0 unspecified atom stereocenters. The monoisotopic (exact) mass is 408 g/mol. The molecule has 30 heavy (non-hydrogen) atoms. The van der Waals surface area contributed by atoms with Gasteiger partial charge in [0.15, 0.2) is 11.6 Å². The van der Waals surface area contributed by atoms with Gasteiger partial charge in [-0.25, -0.2) is 0 Å². The lowest BCUT2D eigenvalue weighted by Gasteiger charge is -2.36. The van der Waals surface area contributed by atoms with Crippen LogP contribution in [0.3, 0.4) is 0 Å². The normalized spacial score (nSPS) is 18.0. The molecule has 3 heterocycles. The maximum Gasteiger partial charge on any atom is 0.253 e. The molecule has 4 rings (SSSR count). The number of benzene rings is 1. The molecule has 0 atom stereocenters. The highest BCUT2D eigenvalue weighted by Crippen LogP contribution is 2.19. The average molecular weight is 409 g/mol. The minimum atomic E-state index is 0.116. The number of amides is 1. The van der Waals surface area contributed by atoms with E-state index in [2.05, 4.69) is 57.8 Å². The number of hydrogen-bond acceptors (Lipinski definition) is 6. The van der Waals surface area contributed by atoms with Gasteiger partial charge >= 0.3 is 0 Å². The van der Waals surface area contributed by atoms with Gasteiger partial charge in [-0.3, -0.25) is 4.79 Å². The Balaban J connectivity index is 1.32. The quantitative estimate of drug-likeness (QED) is 0.773. The number of rotatable bonds is 4. The van der Waals surface area contributed by atoms with Crippen LogP contribution >= 0.6 is 0 Å². The molecule has 2 aliphatic rings. The highest BCUT2D eigenvalue weighted by atomic mass is 16.2. The maximum absolute atomic E-state index is 12.8. The number of likely N-dealkylation sites (N-methyl/N-ethyl adjacent to an activating group) is 1. The van der Waals surface area contributed by atoms with Crippen molar-refractivity contribution >= 4 is 17.5 Å². The van der Waals surface area contributed by atoms with Crippen molar-refractivity contribution in [2.24, 2.45) is 0 Å². The number of piperazine rings is 2. The first-order valence-corrected chi connectivity index (χ1v) is 11.0. The molecule has 7 nitrogen and oxygen atoms in total. The predicted molar refractivity (Wildman–Crippen MR) is 120 cm³/mol. The molecule has 1 aromatic carbocycles. The fourth-order valence-corrected chi connectivity index (χ4v) is 4.14. The highest BCUT2D eigenvalue weighted by Gasteiger charge is 2.24. The molecule has 160 valence electrons. The van der Waals surface area contributed by atoms with E-state index in [1.165, 1.54) is 5.56 Å². The van der Waals surface area contributed by atoms with Crippen LogP contribution in [0.5, 0.6) is 0 Å². The molecule has 0 saturated carbocycles. The number of carbonyl (C=O) groups excluding carboxylic acids is 1. The minimum absolute atomic E-state index is 0.116. The topological polar surface area (TPSA) is 55.8 Å². The summed E-state index contributed by atoms with van der Waals surface area (Å²) in [6, 6.07) is 10.1. The lowest BCUT2D eigenvalue weighted by molar-refractivity contribution is 0.0746. The summed E-state index contributed by atoms with van der Waals surface area (Å²) in [4.78, 5) is 21.8. The first-order valence-electron chi connectivity index (χ1n) is 11.0. The Morgan fingerprint density at radius 1 is 0.800 bits per heavy atom. The zero-order chi connectivity index (χ0) is 21.1. The predicted octanol–water partition coefficient (Wildman–Crippen LogP) is 2.20. The fourth-order valence-electron chi connectivity index (χ4n) is 4.14. The van der Waals surface area contributed by atoms with E-state index in [0.29, 0.717) is 13.1 Å². The van der Waals surface area contributed by atoms with Crippen molar-refractivity contribution in [3.8, 4) is 0 Å². The molecule has 7 heteroatoms. The van der Waals surface area contributed by atoms with Gasteiger partial charge in [0.1, 0.15) is 0 Å². The van der Waals surface area contributed by atoms with E-state index >= 15 is 0 Å². The lowest BCUT2D eigenvalue weighted by atomic mass is 10.1. The Hall–Kier alpha value is -2.67. The third-order valence-corrected chi connectivity index (χ3v) is 6.42. The van der Waals surface area contributed by atoms with Gasteiger partial charge in [0.05, 0.1) is 0 Å². The van der Waals surface area contributed by atoms with Crippen LogP contribution in [0.1, 0.15) is 28.4 Å². The Morgan fingerprint density at radius 2 is 1.37 bits per heavy atom. The summed E-state index contributed by atoms with van der Waals surface area (Å²) in [5.74, 6) is 1.97. The van der Waals surface area contributed by atoms with E-state index in [1.807, 2.05) is 23.1 Å². The molecule has 2 aromatic rings. The lowest BCUT2D eigenvalue weighted by Crippen LogP contribution is -2.49. The summed E-state index contributed by atoms with van der Waals surface area (Å²) in [5.41, 5.74) is 3.15. The van der Waals surface area contributed by atoms with Gasteiger partial charge in [-0.2, -0.15) is 0 Å². The third kappa shape index (κ3) is 4.41. The standard InChI is InChI=1S/C23H32N6O/c1-4-26-9-11-27(12-10-26)21-7-8-22(25-24-21)28-13-15-29(16-14-28)23(30)20-6-5-18(2)19(3)17-20/h5-8,17H,4,9-16H2,1-3H3. The van der Waals surface area contributed by atoms with Crippen LogP contribution < -0.4 is 9.80 Å². The van der Waals surface area contributed by atoms with E-state index in [-0.39, 0.29) is 5.91 Å². The van der Waals surface area contributed by atoms with E-state index in [4.69, 9.17) is 0 Å². The van der Waals surface area contributed by atoms with Crippen LogP contribution in [0.4, 0.5) is 11.6 Å². The summed E-state index contributed by atoms with van der Waals surface area (Å²) in [6.07, 6.45) is 0. The number of aryl methyl sites for hydroxylation is 2. The molecular weight excluding hydrogens is 376 g/mol. The van der Waals surface area contributed by atoms with Crippen molar-refractivity contribution in [2.75, 3.05) is 68.7 Å². The Morgan fingerprint density at radius 3 is 1.87 bits per heavy atom. The number of aromatic nitrogens is 2. The summed E-state index contributed by atoms with van der Waals surface area (Å²) in [7, 11) is 0. The molecule has 1 amide bonds. The second kappa shape index (κ2) is 9.00. The van der Waals surface area contributed by atoms with Crippen LogP contribution in [0.15, 0.2) is 30.3 Å². The summed E-state index contributed by atoms with van der Waals surface area (Å²) in [6.45, 7) is 14.6. The molecule has 2 fully saturated rings. The van der Waals surface area contributed by atoms with Crippen molar-refractivity contribution in [1.82, 2.24) is 20.0 Å². The van der Waals surface area contributed by atoms with Crippen molar-refractivity contribution in [3.05, 3.63) is 47.0 Å². The first-order chi connectivity index (χ1) is 14.5. The number of nitrogens with zero attached hydrogens (tertiary/aromatic N) is 6. The molecule has 0 bridgehead atoms. The summed E-state index contributed by atoms with van der Waals surface area (Å²) in [5, 5.41) is 8.97. The van der Waals surface area contributed by atoms with Crippen molar-refractivity contribution in [2.45, 2.75) is 20.8 Å². The van der Waals surface area contributed by atoms with Crippen molar-refractivity contribution in [1.29, 1.82) is 0 Å². The van der Waals surface area contributed by atoms with Crippen molar-refractivity contribution in [3.63, 3.8) is 0 Å². The Bertz CT molecular complexity index is 868. The van der Waals surface area contributed by atoms with Gasteiger partial charge in [0.25, 0.3) is 5.91 Å². The smallest absolute Gasteiger partial charge is 0.253 e. The zero-order valence-electron chi connectivity index (χ0n) is 18.3. The van der Waals surface area contributed by atoms with Gasteiger partial charge in [-0.1, -0.05) is 13.0 Å². The number of carbonyl (C=O) groups is 1. The number of anilines is 2. The van der Waals surface area contributed by atoms with Crippen LogP contribution in [0.2, 0.25) is 0 Å². The second-order valence-corrected chi connectivity index (χ2v) is 8.25. The first kappa shape index (κ1) is 20.6. The van der Waals surface area contributed by atoms with E-state index in [0.717, 1.165) is 68.6 Å². The van der Waals surface area contributed by atoms with Crippen LogP contribution in [0.25, 0.3) is 0 Å². The molecular formula is C23H32N6O.